The predicted molar refractivity (Wildman–Crippen MR) is 247 cm³/mol. The van der Waals surface area contributed by atoms with Crippen LogP contribution < -0.4 is 0 Å². The molecule has 59 heavy (non-hydrogen) atoms. The Hall–Kier alpha value is -4.68. The van der Waals surface area contributed by atoms with E-state index in [0.29, 0.717) is 29.6 Å². The fourth-order valence-electron chi connectivity index (χ4n) is 14.1. The molecule has 1 saturated carbocycles. The van der Waals surface area contributed by atoms with Gasteiger partial charge in [0.2, 0.25) is 0 Å². The van der Waals surface area contributed by atoms with Gasteiger partial charge in [0.1, 0.15) is 0 Å². The van der Waals surface area contributed by atoms with Crippen LogP contribution in [0.1, 0.15) is 104 Å². The monoisotopic (exact) mass is 768 g/mol. The molecule has 0 nitrogen and oxygen atoms in total. The Balaban J connectivity index is 0.926. The molecule has 0 aromatic carbocycles. The van der Waals surface area contributed by atoms with Crippen LogP contribution in [0.25, 0.3) is 0 Å². The van der Waals surface area contributed by atoms with Gasteiger partial charge in [-0.3, -0.25) is 0 Å². The van der Waals surface area contributed by atoms with Crippen molar-refractivity contribution in [2.24, 2.45) is 40.4 Å². The highest BCUT2D eigenvalue weighted by Crippen LogP contribution is 2.68. The lowest BCUT2D eigenvalue weighted by molar-refractivity contribution is 0.191. The van der Waals surface area contributed by atoms with Crippen molar-refractivity contribution >= 4 is 0 Å². The van der Waals surface area contributed by atoms with E-state index in [0.717, 1.165) is 25.7 Å². The average Bonchev–Trinajstić information content (AvgIpc) is 3.77. The molecular formula is C59H60. The zero-order valence-electron chi connectivity index (χ0n) is 35.4. The summed E-state index contributed by atoms with van der Waals surface area (Å²) in [5.74, 6) is 2.37. The Morgan fingerprint density at radius 1 is 0.525 bits per heavy atom. The molecule has 0 saturated heterocycles. The summed E-state index contributed by atoms with van der Waals surface area (Å²) < 4.78 is 0. The average molecular weight is 769 g/mol. The van der Waals surface area contributed by atoms with Crippen LogP contribution in [-0.2, 0) is 0 Å². The molecule has 0 heteroatoms. The minimum Gasteiger partial charge on any atom is -0.0839 e. The van der Waals surface area contributed by atoms with Crippen molar-refractivity contribution in [2.45, 2.75) is 104 Å². The number of hydrogen-bond acceptors (Lipinski definition) is 0. The number of hydrogen-bond donors (Lipinski definition) is 0. The van der Waals surface area contributed by atoms with Gasteiger partial charge in [0.25, 0.3) is 0 Å². The number of allylic oxidation sites excluding steroid dienone is 36. The summed E-state index contributed by atoms with van der Waals surface area (Å²) in [6.07, 6.45) is 69.3. The van der Waals surface area contributed by atoms with Gasteiger partial charge >= 0.3 is 0 Å². The van der Waals surface area contributed by atoms with E-state index in [1.54, 1.807) is 72.5 Å². The van der Waals surface area contributed by atoms with Crippen LogP contribution in [0, 0.1) is 40.4 Å². The molecule has 12 aliphatic carbocycles. The van der Waals surface area contributed by atoms with E-state index < -0.39 is 0 Å². The molecule has 0 aromatic rings. The van der Waals surface area contributed by atoms with Crippen molar-refractivity contribution in [3.63, 3.8) is 0 Å². The van der Waals surface area contributed by atoms with E-state index in [-0.39, 0.29) is 10.8 Å². The summed E-state index contributed by atoms with van der Waals surface area (Å²) in [6.45, 7) is 5.13. The van der Waals surface area contributed by atoms with Gasteiger partial charge in [0.15, 0.2) is 0 Å². The lowest BCUT2D eigenvalue weighted by Crippen LogP contribution is -2.44. The van der Waals surface area contributed by atoms with Crippen LogP contribution in [-0.4, -0.2) is 0 Å². The molecule has 1 spiro atoms. The highest BCUT2D eigenvalue weighted by molar-refractivity contribution is 5.80. The number of fused-ring (bicyclic) bond motifs is 8. The van der Waals surface area contributed by atoms with E-state index in [1.165, 1.54) is 75.4 Å². The van der Waals surface area contributed by atoms with Gasteiger partial charge in [0, 0.05) is 17.8 Å². The lowest BCUT2D eigenvalue weighted by Gasteiger charge is -2.53. The van der Waals surface area contributed by atoms with Crippen molar-refractivity contribution in [1.82, 2.24) is 0 Å². The lowest BCUT2D eigenvalue weighted by atomic mass is 9.51. The second kappa shape index (κ2) is 13.9. The standard InChI is InChI=1S/C59H60/c1-58(2)54-35-42(38-15-5-3-6-16-38)30-33-49(54)57(50-34-31-43(36-55(50)58)39-17-7-4-8-18-39)41-27-25-40(26-28-41)44-29-32-48-47-21-11-14-24-53(47)59(56(48)37-44)51-22-12-9-19-45(51)46-20-10-13-23-52(46)59/h3,5-7,12-15,17-18,22-25,27,30,33-38,43,49,54,57H,4,8-11,16,19-21,26,28-29,31-32H2,1-2H3. The maximum Gasteiger partial charge on any atom is 0.0712 e. The van der Waals surface area contributed by atoms with E-state index in [2.05, 4.69) is 141 Å². The summed E-state index contributed by atoms with van der Waals surface area (Å²) in [6, 6.07) is 0. The van der Waals surface area contributed by atoms with Gasteiger partial charge in [-0.1, -0.05) is 147 Å². The molecule has 1 fully saturated rings. The largest absolute Gasteiger partial charge is 0.0839 e. The summed E-state index contributed by atoms with van der Waals surface area (Å²) >= 11 is 0. The van der Waals surface area contributed by atoms with E-state index >= 15 is 0 Å². The van der Waals surface area contributed by atoms with Crippen molar-refractivity contribution in [3.05, 3.63) is 211 Å². The zero-order valence-corrected chi connectivity index (χ0v) is 35.4. The summed E-state index contributed by atoms with van der Waals surface area (Å²) in [4.78, 5) is 0. The summed E-state index contributed by atoms with van der Waals surface area (Å²) in [5.41, 5.74) is 24.3. The third-order valence-corrected chi connectivity index (χ3v) is 16.8. The first kappa shape index (κ1) is 36.2. The number of rotatable bonds is 4. The Kier molecular flexibility index (Phi) is 8.55. The minimum atomic E-state index is -0.104. The Labute approximate surface area is 353 Å². The molecule has 12 rings (SSSR count). The maximum atomic E-state index is 2.74. The fourth-order valence-corrected chi connectivity index (χ4v) is 14.1. The van der Waals surface area contributed by atoms with Gasteiger partial charge < -0.3 is 0 Å². The first-order valence-electron chi connectivity index (χ1n) is 23.6. The van der Waals surface area contributed by atoms with Gasteiger partial charge in [-0.05, 0) is 185 Å². The SMILES string of the molecule is CC1(C)C2=CC(C3=CCCC=C3)CC=C2C(C2=CC=C(C3=CC4=C(CC3)C3=C(C=CCC3)C43C4=C(CCC=C4)C4=C3C=CCC4)CC2)C2C=CC(C3C=CC=CC3)=CC21. The van der Waals surface area contributed by atoms with Crippen LogP contribution in [0.5, 0.6) is 0 Å². The molecule has 12 aliphatic rings. The van der Waals surface area contributed by atoms with E-state index in [1.807, 2.05) is 0 Å². The van der Waals surface area contributed by atoms with E-state index in [9.17, 15) is 0 Å². The third-order valence-electron chi connectivity index (χ3n) is 16.8. The highest BCUT2D eigenvalue weighted by atomic mass is 14.6. The molecule has 0 amide bonds. The normalized spacial score (nSPS) is 33.1. The molecule has 0 radical (unpaired) electrons. The predicted octanol–water partition coefficient (Wildman–Crippen LogP) is 15.3. The van der Waals surface area contributed by atoms with Crippen molar-refractivity contribution < 1.29 is 0 Å². The van der Waals surface area contributed by atoms with Crippen LogP contribution in [0.2, 0.25) is 0 Å². The Bertz CT molecular complexity index is 2460. The molecule has 5 unspecified atom stereocenters. The minimum absolute atomic E-state index is 0.0644. The molecule has 0 aliphatic heterocycles. The van der Waals surface area contributed by atoms with Gasteiger partial charge in [-0.25, -0.2) is 0 Å². The van der Waals surface area contributed by atoms with Crippen LogP contribution in [0.4, 0.5) is 0 Å². The summed E-state index contributed by atoms with van der Waals surface area (Å²) in [7, 11) is 0. The van der Waals surface area contributed by atoms with Crippen LogP contribution in [0.15, 0.2) is 211 Å². The van der Waals surface area contributed by atoms with E-state index in [4.69, 9.17) is 0 Å². The quantitative estimate of drug-likeness (QED) is 0.267. The topological polar surface area (TPSA) is 0 Å². The third kappa shape index (κ3) is 5.40. The van der Waals surface area contributed by atoms with Crippen LogP contribution >= 0.6 is 0 Å². The molecule has 0 aromatic heterocycles. The Morgan fingerprint density at radius 3 is 1.90 bits per heavy atom. The van der Waals surface area contributed by atoms with Crippen molar-refractivity contribution in [1.29, 1.82) is 0 Å². The summed E-state index contributed by atoms with van der Waals surface area (Å²) in [5, 5.41) is 0. The van der Waals surface area contributed by atoms with Crippen molar-refractivity contribution in [3.8, 4) is 0 Å². The second-order valence-corrected chi connectivity index (χ2v) is 20.0. The first-order valence-corrected chi connectivity index (χ1v) is 23.6. The molecule has 0 bridgehead atoms. The molecule has 0 N–H and O–H groups in total. The van der Waals surface area contributed by atoms with Crippen LogP contribution in [0.3, 0.4) is 0 Å². The maximum absolute atomic E-state index is 2.74. The fraction of sp³-hybridized carbons (Fsp3) is 0.390. The highest BCUT2D eigenvalue weighted by Gasteiger charge is 2.55. The smallest absolute Gasteiger partial charge is 0.0712 e. The van der Waals surface area contributed by atoms with Crippen molar-refractivity contribution in [2.75, 3.05) is 0 Å². The Morgan fingerprint density at radius 2 is 1.24 bits per heavy atom. The first-order chi connectivity index (χ1) is 29.0. The van der Waals surface area contributed by atoms with Gasteiger partial charge in [0.05, 0.1) is 5.41 Å². The molecule has 296 valence electrons. The molecule has 0 heterocycles. The zero-order chi connectivity index (χ0) is 39.3. The van der Waals surface area contributed by atoms with Gasteiger partial charge in [-0.15, -0.1) is 0 Å². The second-order valence-electron chi connectivity index (χ2n) is 20.0. The molecular weight excluding hydrogens is 709 g/mol. The molecule has 5 atom stereocenters. The van der Waals surface area contributed by atoms with Gasteiger partial charge in [-0.2, -0.15) is 0 Å².